The van der Waals surface area contributed by atoms with E-state index >= 15 is 0 Å². The van der Waals surface area contributed by atoms with Crippen molar-refractivity contribution >= 4 is 5.76 Å². The summed E-state index contributed by atoms with van der Waals surface area (Å²) in [6, 6.07) is 9.45. The van der Waals surface area contributed by atoms with Crippen molar-refractivity contribution in [3.63, 3.8) is 0 Å². The average Bonchev–Trinajstić information content (AvgIpc) is 2.78. The normalized spacial score (nSPS) is 9.60. The Bertz CT molecular complexity index is 507. The summed E-state index contributed by atoms with van der Waals surface area (Å²) in [4.78, 5) is 4.04. The van der Waals surface area contributed by atoms with E-state index in [-0.39, 0.29) is 11.5 Å². The Labute approximate surface area is 87.0 Å². The van der Waals surface area contributed by atoms with Gasteiger partial charge in [-0.15, -0.1) is 0 Å². The minimum Gasteiger partial charge on any atom is -0.498 e. The lowest BCUT2D eigenvalue weighted by Crippen LogP contribution is -1.75. The van der Waals surface area contributed by atoms with Gasteiger partial charge in [-0.3, -0.25) is 0 Å². The molecule has 3 heteroatoms. The van der Waals surface area contributed by atoms with E-state index in [0.29, 0.717) is 5.89 Å². The van der Waals surface area contributed by atoms with Crippen molar-refractivity contribution in [2.75, 3.05) is 0 Å². The Morgan fingerprint density at radius 3 is 2.73 bits per heavy atom. The average molecular weight is 199 g/mol. The number of aliphatic hydroxyl groups excluding tert-OH is 1. The molecule has 0 bridgehead atoms. The quantitative estimate of drug-likeness (QED) is 0.597. The fourth-order valence-corrected chi connectivity index (χ4v) is 1.18. The van der Waals surface area contributed by atoms with Crippen LogP contribution in [0.1, 0.15) is 5.76 Å². The zero-order valence-corrected chi connectivity index (χ0v) is 7.97. The maximum atomic E-state index is 9.30. The van der Waals surface area contributed by atoms with E-state index < -0.39 is 0 Å². The Morgan fingerprint density at radius 2 is 2.07 bits per heavy atom. The summed E-state index contributed by atoms with van der Waals surface area (Å²) in [6.07, 6.45) is 1.44. The Hall–Kier alpha value is -2.25. The van der Waals surface area contributed by atoms with Crippen LogP contribution in [0.25, 0.3) is 17.2 Å². The van der Waals surface area contributed by atoms with Gasteiger partial charge in [0.2, 0.25) is 11.6 Å². The number of benzene rings is 1. The molecular formula is C12H9NO2. The molecule has 0 atom stereocenters. The summed E-state index contributed by atoms with van der Waals surface area (Å²) in [6.45, 7) is 3.32. The van der Waals surface area contributed by atoms with Gasteiger partial charge in [-0.1, -0.05) is 30.5 Å². The zero-order chi connectivity index (χ0) is 10.7. The molecule has 15 heavy (non-hydrogen) atoms. The molecule has 0 aliphatic heterocycles. The minimum absolute atomic E-state index is 0.135. The molecule has 74 valence electrons. The molecule has 0 spiro atoms. The van der Waals surface area contributed by atoms with Gasteiger partial charge in [0, 0.05) is 5.56 Å². The number of nitrogens with zero attached hydrogens (tertiary/aromatic N) is 1. The summed E-state index contributed by atoms with van der Waals surface area (Å²) >= 11 is 0. The Kier molecular flexibility index (Phi) is 2.40. The van der Waals surface area contributed by atoms with Gasteiger partial charge in [0.25, 0.3) is 0 Å². The van der Waals surface area contributed by atoms with Crippen molar-refractivity contribution in [1.29, 1.82) is 0 Å². The Morgan fingerprint density at radius 1 is 1.33 bits per heavy atom. The van der Waals surface area contributed by atoms with Crippen LogP contribution in [0.4, 0.5) is 0 Å². The van der Waals surface area contributed by atoms with E-state index in [9.17, 15) is 5.11 Å². The standard InChI is InChI=1S/C12H9NO2/c1-2-10(14)11-8-13-12(15-11)9-6-4-3-5-7-9/h3-8,14H,1H2. The van der Waals surface area contributed by atoms with Gasteiger partial charge in [0.1, 0.15) is 0 Å². The maximum absolute atomic E-state index is 9.30. The molecule has 1 heterocycles. The van der Waals surface area contributed by atoms with E-state index in [1.54, 1.807) is 0 Å². The molecule has 2 rings (SSSR count). The lowest BCUT2D eigenvalue weighted by molar-refractivity contribution is 0.463. The topological polar surface area (TPSA) is 46.3 Å². The molecule has 0 saturated carbocycles. The first-order valence-electron chi connectivity index (χ1n) is 4.42. The second kappa shape index (κ2) is 3.86. The third-order valence-electron chi connectivity index (χ3n) is 1.93. The van der Waals surface area contributed by atoms with Crippen molar-refractivity contribution in [3.8, 4) is 11.5 Å². The highest BCUT2D eigenvalue weighted by Crippen LogP contribution is 2.21. The van der Waals surface area contributed by atoms with Crippen LogP contribution in [0, 0.1) is 0 Å². The molecule has 2 aromatic rings. The second-order valence-corrected chi connectivity index (χ2v) is 2.92. The largest absolute Gasteiger partial charge is 0.498 e. The lowest BCUT2D eigenvalue weighted by Gasteiger charge is -1.93. The molecule has 0 radical (unpaired) electrons. The molecular weight excluding hydrogens is 190 g/mol. The SMILES string of the molecule is C=C=C(O)c1cnc(-c2ccccc2)o1. The minimum atomic E-state index is -0.135. The molecule has 1 aromatic heterocycles. The fraction of sp³-hybridized carbons (Fsp3) is 0. The molecule has 0 fully saturated rings. The van der Waals surface area contributed by atoms with Gasteiger partial charge >= 0.3 is 0 Å². The molecule has 0 unspecified atom stereocenters. The number of aromatic nitrogens is 1. The molecule has 0 amide bonds. The summed E-state index contributed by atoms with van der Waals surface area (Å²) in [5.74, 6) is 0.598. The number of hydrogen-bond acceptors (Lipinski definition) is 3. The highest BCUT2D eigenvalue weighted by Gasteiger charge is 2.08. The third kappa shape index (κ3) is 1.82. The van der Waals surface area contributed by atoms with E-state index in [4.69, 9.17) is 4.42 Å². The van der Waals surface area contributed by atoms with Crippen LogP contribution in [0.15, 0.2) is 53.3 Å². The van der Waals surface area contributed by atoms with Crippen LogP contribution in [0.2, 0.25) is 0 Å². The van der Waals surface area contributed by atoms with Crippen molar-refractivity contribution < 1.29 is 9.52 Å². The van der Waals surface area contributed by atoms with Crippen molar-refractivity contribution in [3.05, 3.63) is 54.6 Å². The predicted molar refractivity (Wildman–Crippen MR) is 57.1 cm³/mol. The van der Waals surface area contributed by atoms with Gasteiger partial charge in [0.05, 0.1) is 6.20 Å². The lowest BCUT2D eigenvalue weighted by atomic mass is 10.2. The maximum Gasteiger partial charge on any atom is 0.226 e. The van der Waals surface area contributed by atoms with Gasteiger partial charge in [0.15, 0.2) is 5.76 Å². The first kappa shape index (κ1) is 9.31. The van der Waals surface area contributed by atoms with Crippen molar-refractivity contribution in [1.82, 2.24) is 4.98 Å². The third-order valence-corrected chi connectivity index (χ3v) is 1.93. The van der Waals surface area contributed by atoms with E-state index in [2.05, 4.69) is 17.3 Å². The monoisotopic (exact) mass is 199 g/mol. The molecule has 0 aliphatic carbocycles. The molecule has 1 aromatic carbocycles. The highest BCUT2D eigenvalue weighted by molar-refractivity contribution is 5.57. The van der Waals surface area contributed by atoms with Crippen LogP contribution >= 0.6 is 0 Å². The predicted octanol–water partition coefficient (Wildman–Crippen LogP) is 3.03. The van der Waals surface area contributed by atoms with Gasteiger partial charge in [-0.25, -0.2) is 4.98 Å². The van der Waals surface area contributed by atoms with Crippen LogP contribution in [0.3, 0.4) is 0 Å². The summed E-state index contributed by atoms with van der Waals surface area (Å²) < 4.78 is 5.32. The molecule has 1 N–H and O–H groups in total. The van der Waals surface area contributed by atoms with Crippen molar-refractivity contribution in [2.45, 2.75) is 0 Å². The number of oxazole rings is 1. The van der Waals surface area contributed by atoms with Gasteiger partial charge < -0.3 is 9.52 Å². The fourth-order valence-electron chi connectivity index (χ4n) is 1.18. The van der Waals surface area contributed by atoms with Crippen LogP contribution < -0.4 is 0 Å². The van der Waals surface area contributed by atoms with Crippen LogP contribution in [-0.4, -0.2) is 10.1 Å². The van der Waals surface area contributed by atoms with Gasteiger partial charge in [-0.2, -0.15) is 0 Å². The van der Waals surface area contributed by atoms with E-state index in [1.165, 1.54) is 6.20 Å². The Balaban J connectivity index is 2.41. The first-order valence-corrected chi connectivity index (χ1v) is 4.42. The number of aliphatic hydroxyl groups is 1. The first-order chi connectivity index (χ1) is 7.31. The van der Waals surface area contributed by atoms with E-state index in [1.807, 2.05) is 30.3 Å². The number of rotatable bonds is 2. The van der Waals surface area contributed by atoms with Crippen molar-refractivity contribution in [2.24, 2.45) is 0 Å². The molecule has 3 nitrogen and oxygen atoms in total. The molecule has 0 saturated heterocycles. The van der Waals surface area contributed by atoms with E-state index in [0.717, 1.165) is 5.56 Å². The zero-order valence-electron chi connectivity index (χ0n) is 7.97. The smallest absolute Gasteiger partial charge is 0.226 e. The summed E-state index contributed by atoms with van der Waals surface area (Å²) in [7, 11) is 0. The van der Waals surface area contributed by atoms with Gasteiger partial charge in [-0.05, 0) is 12.1 Å². The molecule has 0 aliphatic rings. The van der Waals surface area contributed by atoms with Crippen LogP contribution in [0.5, 0.6) is 0 Å². The summed E-state index contributed by atoms with van der Waals surface area (Å²) in [5, 5.41) is 9.30. The van der Waals surface area contributed by atoms with Crippen LogP contribution in [-0.2, 0) is 0 Å². The summed E-state index contributed by atoms with van der Waals surface area (Å²) in [5.41, 5.74) is 3.20. The number of hydrogen-bond donors (Lipinski definition) is 1. The second-order valence-electron chi connectivity index (χ2n) is 2.92. The highest BCUT2D eigenvalue weighted by atomic mass is 16.4.